The average Bonchev–Trinajstić information content (AvgIpc) is 1.61. The Balaban J connectivity index is 0. The summed E-state index contributed by atoms with van der Waals surface area (Å²) in [5.74, 6) is 0. The molecule has 3 heteroatoms. The molecule has 0 amide bonds. The second kappa shape index (κ2) is 6.08. The number of hydrogen-bond donors (Lipinski definition) is 1. The van der Waals surface area contributed by atoms with E-state index in [0.717, 1.165) is 0 Å². The van der Waals surface area contributed by atoms with Crippen LogP contribution in [0.2, 0.25) is 0 Å². The van der Waals surface area contributed by atoms with Crippen molar-refractivity contribution in [3.05, 3.63) is 12.7 Å². The molecule has 0 aromatic heterocycles. The first kappa shape index (κ1) is 11.7. The zero-order chi connectivity index (χ0) is 7.91. The fourth-order valence-electron chi connectivity index (χ4n) is 0. The third-order valence-electron chi connectivity index (χ3n) is 0.167. The molecule has 0 fully saturated rings. The Morgan fingerprint density at radius 2 is 1.67 bits per heavy atom. The number of nitrogens with zero attached hydrogens (tertiary/aromatic N) is 1. The van der Waals surface area contributed by atoms with Gasteiger partial charge in [-0.15, -0.1) is 6.58 Å². The molecule has 56 valence electrons. The standard InChI is InChI=1S/C3H9ClN.C3H7N/c1-5(2,3)4;1-2-3-4/h1-3H3;2H,1,3-4H2/q+1;. The van der Waals surface area contributed by atoms with Crippen molar-refractivity contribution < 1.29 is 4.00 Å². The van der Waals surface area contributed by atoms with Gasteiger partial charge >= 0.3 is 0 Å². The molecule has 2 N–H and O–H groups in total. The number of quaternary nitrogens is 1. The zero-order valence-electron chi connectivity index (χ0n) is 6.39. The van der Waals surface area contributed by atoms with Gasteiger partial charge in [0, 0.05) is 6.54 Å². The van der Waals surface area contributed by atoms with Gasteiger partial charge in [0.1, 0.15) is 0 Å². The largest absolute Gasteiger partial charge is 0.327 e. The number of hydrogen-bond acceptors (Lipinski definition) is 1. The van der Waals surface area contributed by atoms with Crippen molar-refractivity contribution in [1.82, 2.24) is 0 Å². The maximum Gasteiger partial charge on any atom is 0.164 e. The van der Waals surface area contributed by atoms with Gasteiger partial charge in [-0.2, -0.15) is 0 Å². The van der Waals surface area contributed by atoms with E-state index >= 15 is 0 Å². The molecule has 0 radical (unpaired) electrons. The summed E-state index contributed by atoms with van der Waals surface area (Å²) in [6.07, 6.45) is 1.65. The van der Waals surface area contributed by atoms with Crippen LogP contribution in [0.5, 0.6) is 0 Å². The normalized spacial score (nSPS) is 9.44. The smallest absolute Gasteiger partial charge is 0.164 e. The molecule has 0 unspecified atom stereocenters. The average molecular weight is 152 g/mol. The predicted octanol–water partition coefficient (Wildman–Crippen LogP) is 0.977. The summed E-state index contributed by atoms with van der Waals surface area (Å²) >= 11 is 5.47. The Morgan fingerprint density at radius 3 is 1.67 bits per heavy atom. The SMILES string of the molecule is C=CCN.C[N+](C)(C)Cl. The Bertz CT molecular complexity index is 59.9. The summed E-state index contributed by atoms with van der Waals surface area (Å²) in [6.45, 7) is 3.94. The summed E-state index contributed by atoms with van der Waals surface area (Å²) < 4.78 is 0.472. The molecule has 0 atom stereocenters. The van der Waals surface area contributed by atoms with Crippen LogP contribution in [-0.2, 0) is 0 Å². The highest BCUT2D eigenvalue weighted by atomic mass is 35.5. The molecule has 0 saturated carbocycles. The van der Waals surface area contributed by atoms with Crippen LogP contribution in [0.3, 0.4) is 0 Å². The zero-order valence-corrected chi connectivity index (χ0v) is 7.15. The molecule has 0 heterocycles. The van der Waals surface area contributed by atoms with E-state index in [2.05, 4.69) is 6.58 Å². The molecule has 0 spiro atoms. The minimum absolute atomic E-state index is 0.472. The molecular formula is C6H16ClN2+. The molecule has 0 saturated heterocycles. The first-order valence-electron chi connectivity index (χ1n) is 2.74. The number of nitrogens with two attached hydrogens (primary N) is 1. The van der Waals surface area contributed by atoms with E-state index in [9.17, 15) is 0 Å². The van der Waals surface area contributed by atoms with E-state index in [4.69, 9.17) is 17.5 Å². The van der Waals surface area contributed by atoms with Gasteiger partial charge < -0.3 is 5.73 Å². The van der Waals surface area contributed by atoms with Crippen molar-refractivity contribution >= 4 is 11.8 Å². The van der Waals surface area contributed by atoms with Crippen molar-refractivity contribution in [2.24, 2.45) is 5.73 Å². The van der Waals surface area contributed by atoms with Crippen molar-refractivity contribution in [2.45, 2.75) is 0 Å². The highest BCUT2D eigenvalue weighted by molar-refractivity contribution is 6.06. The van der Waals surface area contributed by atoms with Crippen LogP contribution >= 0.6 is 11.8 Å². The minimum Gasteiger partial charge on any atom is -0.327 e. The maximum absolute atomic E-state index is 5.47. The highest BCUT2D eigenvalue weighted by Crippen LogP contribution is 1.91. The first-order chi connectivity index (χ1) is 3.91. The molecule has 0 aromatic rings. The van der Waals surface area contributed by atoms with Crippen LogP contribution in [0, 0.1) is 0 Å². The Labute approximate surface area is 62.6 Å². The van der Waals surface area contributed by atoms with Gasteiger partial charge in [0.05, 0.1) is 21.1 Å². The molecular weight excluding hydrogens is 136 g/mol. The lowest BCUT2D eigenvalue weighted by molar-refractivity contribution is -0.747. The lowest BCUT2D eigenvalue weighted by Gasteiger charge is -2.07. The summed E-state index contributed by atoms with van der Waals surface area (Å²) in [7, 11) is 5.67. The summed E-state index contributed by atoms with van der Waals surface area (Å²) in [6, 6.07) is 0. The number of halogens is 1. The third-order valence-corrected chi connectivity index (χ3v) is 0.167. The van der Waals surface area contributed by atoms with E-state index < -0.39 is 0 Å². The fourth-order valence-corrected chi connectivity index (χ4v) is 0. The lowest BCUT2D eigenvalue weighted by Crippen LogP contribution is -2.19. The maximum atomic E-state index is 5.47. The van der Waals surface area contributed by atoms with Gasteiger partial charge in [0.25, 0.3) is 0 Å². The summed E-state index contributed by atoms with van der Waals surface area (Å²) in [4.78, 5) is 0. The number of rotatable bonds is 1. The van der Waals surface area contributed by atoms with E-state index in [1.807, 2.05) is 21.1 Å². The fraction of sp³-hybridized carbons (Fsp3) is 0.667. The molecule has 0 bridgehead atoms. The quantitative estimate of drug-likeness (QED) is 0.439. The van der Waals surface area contributed by atoms with Crippen LogP contribution in [0.25, 0.3) is 0 Å². The van der Waals surface area contributed by atoms with Gasteiger partial charge in [-0.1, -0.05) is 6.08 Å². The Morgan fingerprint density at radius 1 is 1.56 bits per heavy atom. The van der Waals surface area contributed by atoms with Crippen LogP contribution in [0.1, 0.15) is 0 Å². The molecule has 0 aliphatic carbocycles. The Kier molecular flexibility index (Phi) is 7.91. The van der Waals surface area contributed by atoms with Crippen molar-refractivity contribution in [3.63, 3.8) is 0 Å². The molecule has 0 aromatic carbocycles. The van der Waals surface area contributed by atoms with Gasteiger partial charge in [-0.3, -0.25) is 0 Å². The van der Waals surface area contributed by atoms with E-state index in [1.54, 1.807) is 6.08 Å². The Hall–Kier alpha value is -0.0500. The lowest BCUT2D eigenvalue weighted by atomic mass is 10.7. The van der Waals surface area contributed by atoms with Crippen molar-refractivity contribution in [3.8, 4) is 0 Å². The van der Waals surface area contributed by atoms with Crippen LogP contribution in [0.4, 0.5) is 0 Å². The van der Waals surface area contributed by atoms with E-state index in [1.165, 1.54) is 0 Å². The second-order valence-electron chi connectivity index (χ2n) is 2.37. The van der Waals surface area contributed by atoms with Crippen LogP contribution in [-0.4, -0.2) is 31.7 Å². The van der Waals surface area contributed by atoms with Crippen LogP contribution < -0.4 is 5.73 Å². The van der Waals surface area contributed by atoms with E-state index in [0.29, 0.717) is 10.5 Å². The monoisotopic (exact) mass is 151 g/mol. The van der Waals surface area contributed by atoms with Gasteiger partial charge in [-0.05, 0) is 0 Å². The molecule has 2 nitrogen and oxygen atoms in total. The minimum atomic E-state index is 0.472. The molecule has 0 aliphatic rings. The van der Waals surface area contributed by atoms with Crippen LogP contribution in [0.15, 0.2) is 12.7 Å². The first-order valence-corrected chi connectivity index (χ1v) is 3.07. The van der Waals surface area contributed by atoms with Crippen molar-refractivity contribution in [1.29, 1.82) is 0 Å². The summed E-state index contributed by atoms with van der Waals surface area (Å²) in [5.41, 5.74) is 4.91. The van der Waals surface area contributed by atoms with Gasteiger partial charge in [0.2, 0.25) is 0 Å². The van der Waals surface area contributed by atoms with Gasteiger partial charge in [-0.25, -0.2) is 4.00 Å². The molecule has 0 rings (SSSR count). The molecule has 0 aliphatic heterocycles. The van der Waals surface area contributed by atoms with Gasteiger partial charge in [0.15, 0.2) is 11.8 Å². The van der Waals surface area contributed by atoms with Crippen molar-refractivity contribution in [2.75, 3.05) is 27.7 Å². The predicted molar refractivity (Wildman–Crippen MR) is 43.1 cm³/mol. The van der Waals surface area contributed by atoms with E-state index in [-0.39, 0.29) is 0 Å². The third kappa shape index (κ3) is 312. The molecule has 9 heavy (non-hydrogen) atoms. The summed E-state index contributed by atoms with van der Waals surface area (Å²) in [5, 5.41) is 0. The highest BCUT2D eigenvalue weighted by Gasteiger charge is 1.95. The topological polar surface area (TPSA) is 26.0 Å². The second-order valence-corrected chi connectivity index (χ2v) is 3.39.